The normalized spacial score (nSPS) is 9.32. The molecule has 1 rings (SSSR count). The number of benzene rings is 1. The lowest BCUT2D eigenvalue weighted by Crippen LogP contribution is -2.34. The Balaban J connectivity index is 2.60. The number of carbonyl (C=O) groups excluding carboxylic acids is 2. The summed E-state index contributed by atoms with van der Waals surface area (Å²) >= 11 is 3.24. The van der Waals surface area contributed by atoms with Gasteiger partial charge in [0.2, 0.25) is 0 Å². The number of carbonyl (C=O) groups is 2. The Morgan fingerprint density at radius 3 is 2.84 bits per heavy atom. The SMILES string of the molecule is CCOC(=O)CNC(=O)Nc1cc(Br)ccc1C#N. The van der Waals surface area contributed by atoms with Crippen LogP contribution < -0.4 is 10.6 Å². The Hall–Kier alpha value is -2.07. The molecule has 0 saturated heterocycles. The van der Waals surface area contributed by atoms with Gasteiger partial charge in [-0.05, 0) is 25.1 Å². The van der Waals surface area contributed by atoms with E-state index in [1.807, 2.05) is 6.07 Å². The number of ether oxygens (including phenoxy) is 1. The van der Waals surface area contributed by atoms with E-state index in [0.29, 0.717) is 11.3 Å². The zero-order valence-electron chi connectivity index (χ0n) is 10.2. The average molecular weight is 326 g/mol. The van der Waals surface area contributed by atoms with Gasteiger partial charge in [-0.3, -0.25) is 4.79 Å². The van der Waals surface area contributed by atoms with Crippen molar-refractivity contribution in [3.8, 4) is 6.07 Å². The van der Waals surface area contributed by atoms with Crippen LogP contribution in [-0.4, -0.2) is 25.2 Å². The summed E-state index contributed by atoms with van der Waals surface area (Å²) in [7, 11) is 0. The number of halogens is 1. The molecule has 0 heterocycles. The molecule has 0 radical (unpaired) electrons. The lowest BCUT2D eigenvalue weighted by Gasteiger charge is -2.08. The first-order valence-electron chi connectivity index (χ1n) is 5.47. The summed E-state index contributed by atoms with van der Waals surface area (Å²) < 4.78 is 5.39. The first kappa shape index (κ1) is 15.0. The molecule has 0 bridgehead atoms. The van der Waals surface area contributed by atoms with Gasteiger partial charge in [0.15, 0.2) is 0 Å². The van der Waals surface area contributed by atoms with Crippen LogP contribution in [0.25, 0.3) is 0 Å². The molecule has 0 spiro atoms. The minimum Gasteiger partial charge on any atom is -0.465 e. The highest BCUT2D eigenvalue weighted by Gasteiger charge is 2.09. The summed E-state index contributed by atoms with van der Waals surface area (Å²) in [6, 6.07) is 6.25. The van der Waals surface area contributed by atoms with Gasteiger partial charge in [-0.2, -0.15) is 5.26 Å². The molecule has 0 saturated carbocycles. The molecule has 2 N–H and O–H groups in total. The number of anilines is 1. The van der Waals surface area contributed by atoms with Crippen molar-refractivity contribution >= 4 is 33.6 Å². The monoisotopic (exact) mass is 325 g/mol. The van der Waals surface area contributed by atoms with Crippen molar-refractivity contribution in [1.82, 2.24) is 5.32 Å². The zero-order valence-corrected chi connectivity index (χ0v) is 11.8. The van der Waals surface area contributed by atoms with Crippen LogP contribution >= 0.6 is 15.9 Å². The Bertz CT molecular complexity index is 525. The fourth-order valence-electron chi connectivity index (χ4n) is 1.25. The molecule has 0 unspecified atom stereocenters. The molecule has 2 amide bonds. The van der Waals surface area contributed by atoms with Crippen molar-refractivity contribution in [3.05, 3.63) is 28.2 Å². The third-order valence-corrected chi connectivity index (χ3v) is 2.54. The predicted molar refractivity (Wildman–Crippen MR) is 72.5 cm³/mol. The van der Waals surface area contributed by atoms with E-state index in [0.717, 1.165) is 4.47 Å². The fraction of sp³-hybridized carbons (Fsp3) is 0.250. The quantitative estimate of drug-likeness (QED) is 0.828. The Kier molecular flexibility index (Phi) is 5.82. The highest BCUT2D eigenvalue weighted by molar-refractivity contribution is 9.10. The van der Waals surface area contributed by atoms with E-state index in [1.165, 1.54) is 0 Å². The van der Waals surface area contributed by atoms with Crippen LogP contribution in [0.1, 0.15) is 12.5 Å². The van der Waals surface area contributed by atoms with Crippen molar-refractivity contribution in [2.24, 2.45) is 0 Å². The third-order valence-electron chi connectivity index (χ3n) is 2.05. The lowest BCUT2D eigenvalue weighted by molar-refractivity contribution is -0.141. The summed E-state index contributed by atoms with van der Waals surface area (Å²) in [6.07, 6.45) is 0. The maximum Gasteiger partial charge on any atom is 0.325 e. The first-order chi connectivity index (χ1) is 9.06. The first-order valence-corrected chi connectivity index (χ1v) is 6.26. The van der Waals surface area contributed by atoms with Gasteiger partial charge in [0, 0.05) is 4.47 Å². The summed E-state index contributed by atoms with van der Waals surface area (Å²) in [6.45, 7) is 1.71. The van der Waals surface area contributed by atoms with Gasteiger partial charge in [0.1, 0.15) is 12.6 Å². The second-order valence-electron chi connectivity index (χ2n) is 3.41. The molecule has 19 heavy (non-hydrogen) atoms. The molecule has 0 aliphatic rings. The standard InChI is InChI=1S/C12H12BrN3O3/c1-2-19-11(17)7-15-12(18)16-10-5-9(13)4-3-8(10)6-14/h3-5H,2,7H2,1H3,(H2,15,16,18). The molecule has 0 aliphatic heterocycles. The summed E-state index contributed by atoms with van der Waals surface area (Å²) in [5.74, 6) is -0.521. The fourth-order valence-corrected chi connectivity index (χ4v) is 1.61. The van der Waals surface area contributed by atoms with Crippen molar-refractivity contribution in [1.29, 1.82) is 5.26 Å². The van der Waals surface area contributed by atoms with Crippen LogP contribution in [0.2, 0.25) is 0 Å². The van der Waals surface area contributed by atoms with Gasteiger partial charge in [0.25, 0.3) is 0 Å². The number of hydrogen-bond acceptors (Lipinski definition) is 4. The number of esters is 1. The van der Waals surface area contributed by atoms with Gasteiger partial charge >= 0.3 is 12.0 Å². The number of hydrogen-bond donors (Lipinski definition) is 2. The van der Waals surface area contributed by atoms with Crippen LogP contribution in [-0.2, 0) is 9.53 Å². The topological polar surface area (TPSA) is 91.2 Å². The number of nitrogens with zero attached hydrogens (tertiary/aromatic N) is 1. The van der Waals surface area contributed by atoms with Gasteiger partial charge in [0.05, 0.1) is 17.9 Å². The number of amides is 2. The second kappa shape index (κ2) is 7.38. The van der Waals surface area contributed by atoms with Gasteiger partial charge < -0.3 is 15.4 Å². The van der Waals surface area contributed by atoms with Crippen LogP contribution in [0.5, 0.6) is 0 Å². The van der Waals surface area contributed by atoms with Crippen molar-refractivity contribution in [3.63, 3.8) is 0 Å². The zero-order chi connectivity index (χ0) is 14.3. The van der Waals surface area contributed by atoms with E-state index in [9.17, 15) is 9.59 Å². The molecule has 0 fully saturated rings. The van der Waals surface area contributed by atoms with Gasteiger partial charge in [-0.25, -0.2) is 4.79 Å². The van der Waals surface area contributed by atoms with E-state index < -0.39 is 12.0 Å². The molecule has 1 aromatic carbocycles. The Morgan fingerprint density at radius 2 is 2.21 bits per heavy atom. The van der Waals surface area contributed by atoms with Crippen LogP contribution in [0.3, 0.4) is 0 Å². The minimum atomic E-state index is -0.581. The van der Waals surface area contributed by atoms with Crippen molar-refractivity contribution in [2.45, 2.75) is 6.92 Å². The highest BCUT2D eigenvalue weighted by Crippen LogP contribution is 2.20. The van der Waals surface area contributed by atoms with E-state index in [4.69, 9.17) is 5.26 Å². The maximum atomic E-state index is 11.5. The van der Waals surface area contributed by atoms with E-state index in [2.05, 4.69) is 31.3 Å². The molecule has 100 valence electrons. The predicted octanol–water partition coefficient (Wildman–Crippen LogP) is 2.01. The van der Waals surface area contributed by atoms with E-state index in [1.54, 1.807) is 25.1 Å². The summed E-state index contributed by atoms with van der Waals surface area (Å²) in [4.78, 5) is 22.6. The highest BCUT2D eigenvalue weighted by atomic mass is 79.9. The van der Waals surface area contributed by atoms with Crippen LogP contribution in [0, 0.1) is 11.3 Å². The Morgan fingerprint density at radius 1 is 1.47 bits per heavy atom. The third kappa shape index (κ3) is 4.97. The molecule has 7 heteroatoms. The Labute approximate surface area is 118 Å². The molecule has 1 aromatic rings. The maximum absolute atomic E-state index is 11.5. The number of nitrogens with one attached hydrogen (secondary N) is 2. The van der Waals surface area contributed by atoms with E-state index in [-0.39, 0.29) is 13.2 Å². The molecule has 6 nitrogen and oxygen atoms in total. The van der Waals surface area contributed by atoms with Gasteiger partial charge in [-0.15, -0.1) is 0 Å². The van der Waals surface area contributed by atoms with Crippen LogP contribution in [0.4, 0.5) is 10.5 Å². The molecular weight excluding hydrogens is 314 g/mol. The van der Waals surface area contributed by atoms with Gasteiger partial charge in [-0.1, -0.05) is 15.9 Å². The minimum absolute atomic E-state index is 0.227. The number of nitriles is 1. The number of urea groups is 1. The molecule has 0 aromatic heterocycles. The summed E-state index contributed by atoms with van der Waals surface area (Å²) in [5.41, 5.74) is 0.688. The lowest BCUT2D eigenvalue weighted by atomic mass is 10.2. The van der Waals surface area contributed by atoms with Crippen LogP contribution in [0.15, 0.2) is 22.7 Å². The van der Waals surface area contributed by atoms with Crippen molar-refractivity contribution in [2.75, 3.05) is 18.5 Å². The molecule has 0 atom stereocenters. The van der Waals surface area contributed by atoms with E-state index >= 15 is 0 Å². The average Bonchev–Trinajstić information content (AvgIpc) is 2.37. The second-order valence-corrected chi connectivity index (χ2v) is 4.33. The smallest absolute Gasteiger partial charge is 0.325 e. The largest absolute Gasteiger partial charge is 0.465 e. The molecular formula is C12H12BrN3O3. The number of rotatable bonds is 4. The molecule has 0 aliphatic carbocycles. The summed E-state index contributed by atoms with van der Waals surface area (Å²) in [5, 5.41) is 13.7. The van der Waals surface area contributed by atoms with Crippen molar-refractivity contribution < 1.29 is 14.3 Å².